The lowest BCUT2D eigenvalue weighted by molar-refractivity contribution is 0.152. The highest BCUT2D eigenvalue weighted by atomic mass is 19.3. The number of rotatable bonds is 8. The van der Waals surface area contributed by atoms with E-state index in [0.717, 1.165) is 6.42 Å². The van der Waals surface area contributed by atoms with E-state index in [1.807, 2.05) is 6.92 Å². The van der Waals surface area contributed by atoms with Crippen LogP contribution in [0.2, 0.25) is 0 Å². The normalized spacial score (nSPS) is 10.8. The molecule has 1 rings (SSSR count). The molecule has 0 radical (unpaired) electrons. The Morgan fingerprint density at radius 3 is 2.74 bits per heavy atom. The molecule has 1 aromatic rings. The summed E-state index contributed by atoms with van der Waals surface area (Å²) >= 11 is 0. The summed E-state index contributed by atoms with van der Waals surface area (Å²) in [5.74, 6) is 6.18. The van der Waals surface area contributed by atoms with E-state index in [2.05, 4.69) is 15.4 Å². The molecule has 0 saturated heterocycles. The molecule has 0 bridgehead atoms. The van der Waals surface area contributed by atoms with E-state index in [4.69, 9.17) is 10.9 Å². The molecule has 0 fully saturated rings. The maximum Gasteiger partial charge on any atom is 0.255 e. The van der Waals surface area contributed by atoms with E-state index < -0.39 is 13.0 Å². The Bertz CT molecular complexity index is 391. The second kappa shape index (κ2) is 7.80. The van der Waals surface area contributed by atoms with Gasteiger partial charge in [0, 0.05) is 12.1 Å². The molecule has 108 valence electrons. The van der Waals surface area contributed by atoms with Crippen molar-refractivity contribution in [1.82, 2.24) is 9.97 Å². The van der Waals surface area contributed by atoms with Gasteiger partial charge in [-0.1, -0.05) is 13.3 Å². The molecule has 0 atom stereocenters. The summed E-state index contributed by atoms with van der Waals surface area (Å²) in [5.41, 5.74) is 3.13. The van der Waals surface area contributed by atoms with Gasteiger partial charge in [0.15, 0.2) is 0 Å². The molecule has 0 saturated carbocycles. The zero-order valence-electron chi connectivity index (χ0n) is 10.8. The number of aliphatic hydroxyl groups is 1. The average Bonchev–Trinajstić information content (AvgIpc) is 2.38. The highest BCUT2D eigenvalue weighted by Crippen LogP contribution is 2.24. The number of hydrogen-bond acceptors (Lipinski definition) is 6. The summed E-state index contributed by atoms with van der Waals surface area (Å²) < 4.78 is 25.2. The molecule has 0 aromatic carbocycles. The van der Waals surface area contributed by atoms with Crippen LogP contribution in [0.5, 0.6) is 0 Å². The van der Waals surface area contributed by atoms with Crippen LogP contribution in [0.4, 0.5) is 20.4 Å². The number of nitrogens with zero attached hydrogens (tertiary/aromatic N) is 3. The Hall–Kier alpha value is -1.54. The molecule has 1 aromatic heterocycles. The van der Waals surface area contributed by atoms with E-state index in [0.29, 0.717) is 23.6 Å². The largest absolute Gasteiger partial charge is 0.395 e. The summed E-state index contributed by atoms with van der Waals surface area (Å²) in [7, 11) is 0. The van der Waals surface area contributed by atoms with Crippen LogP contribution in [-0.2, 0) is 6.42 Å². The number of hydrazine groups is 1. The third-order valence-corrected chi connectivity index (χ3v) is 2.59. The quantitative estimate of drug-likeness (QED) is 0.480. The first kappa shape index (κ1) is 15.5. The van der Waals surface area contributed by atoms with Crippen LogP contribution in [0.3, 0.4) is 0 Å². The van der Waals surface area contributed by atoms with Crippen molar-refractivity contribution in [2.45, 2.75) is 26.2 Å². The number of alkyl halides is 2. The zero-order valence-corrected chi connectivity index (χ0v) is 10.8. The maximum atomic E-state index is 12.6. The molecule has 0 spiro atoms. The summed E-state index contributed by atoms with van der Waals surface area (Å²) in [6.45, 7) is 1.33. The fourth-order valence-corrected chi connectivity index (χ4v) is 1.85. The monoisotopic (exact) mass is 275 g/mol. The van der Waals surface area contributed by atoms with E-state index >= 15 is 0 Å². The number of nitrogens with one attached hydrogen (secondary N) is 1. The van der Waals surface area contributed by atoms with Crippen molar-refractivity contribution in [3.8, 4) is 0 Å². The fourth-order valence-electron chi connectivity index (χ4n) is 1.85. The summed E-state index contributed by atoms with van der Waals surface area (Å²) in [6, 6.07) is 0. The van der Waals surface area contributed by atoms with Gasteiger partial charge in [-0.25, -0.2) is 24.6 Å². The Kier molecular flexibility index (Phi) is 6.37. The summed E-state index contributed by atoms with van der Waals surface area (Å²) in [5, 5.41) is 8.99. The Morgan fingerprint density at radius 1 is 1.47 bits per heavy atom. The number of anilines is 2. The third-order valence-electron chi connectivity index (χ3n) is 2.59. The van der Waals surface area contributed by atoms with Gasteiger partial charge in [-0.3, -0.25) is 0 Å². The van der Waals surface area contributed by atoms with Crippen LogP contribution >= 0.6 is 0 Å². The second-order valence-corrected chi connectivity index (χ2v) is 3.98. The minimum absolute atomic E-state index is 0.0854. The average molecular weight is 275 g/mol. The molecule has 1 heterocycles. The Labute approximate surface area is 110 Å². The summed E-state index contributed by atoms with van der Waals surface area (Å²) in [6.07, 6.45) is 0.169. The highest BCUT2D eigenvalue weighted by molar-refractivity contribution is 5.58. The van der Waals surface area contributed by atoms with Crippen molar-refractivity contribution < 1.29 is 13.9 Å². The predicted octanol–water partition coefficient (Wildman–Crippen LogP) is 0.779. The number of halogens is 2. The van der Waals surface area contributed by atoms with Gasteiger partial charge in [0.05, 0.1) is 13.2 Å². The van der Waals surface area contributed by atoms with Gasteiger partial charge in [-0.05, 0) is 6.42 Å². The molecule has 0 aliphatic carbocycles. The fraction of sp³-hybridized carbons (Fsp3) is 0.636. The molecule has 0 amide bonds. The van der Waals surface area contributed by atoms with E-state index in [1.54, 1.807) is 0 Å². The van der Waals surface area contributed by atoms with E-state index in [9.17, 15) is 8.78 Å². The molecule has 4 N–H and O–H groups in total. The van der Waals surface area contributed by atoms with Crippen LogP contribution in [0.15, 0.2) is 6.33 Å². The van der Waals surface area contributed by atoms with Gasteiger partial charge < -0.3 is 15.4 Å². The highest BCUT2D eigenvalue weighted by Gasteiger charge is 2.19. The lowest BCUT2D eigenvalue weighted by Crippen LogP contribution is -2.33. The lowest BCUT2D eigenvalue weighted by atomic mass is 10.1. The van der Waals surface area contributed by atoms with E-state index in [-0.39, 0.29) is 13.2 Å². The van der Waals surface area contributed by atoms with Crippen molar-refractivity contribution in [2.75, 3.05) is 30.0 Å². The lowest BCUT2D eigenvalue weighted by Gasteiger charge is -2.25. The third kappa shape index (κ3) is 4.25. The van der Waals surface area contributed by atoms with Crippen molar-refractivity contribution in [3.63, 3.8) is 0 Å². The van der Waals surface area contributed by atoms with Gasteiger partial charge >= 0.3 is 0 Å². The molecular weight excluding hydrogens is 256 g/mol. The minimum atomic E-state index is -2.51. The predicted molar refractivity (Wildman–Crippen MR) is 69.1 cm³/mol. The van der Waals surface area contributed by atoms with Crippen molar-refractivity contribution in [2.24, 2.45) is 5.84 Å². The molecule has 0 aliphatic heterocycles. The van der Waals surface area contributed by atoms with E-state index in [1.165, 1.54) is 11.2 Å². The number of aromatic nitrogens is 2. The number of aliphatic hydroxyl groups excluding tert-OH is 1. The SMILES string of the molecule is CCCc1c(NN)ncnc1N(CCO)CC(F)F. The number of nitrogen functional groups attached to an aromatic ring is 1. The Balaban J connectivity index is 3.12. The topological polar surface area (TPSA) is 87.3 Å². The van der Waals surface area contributed by atoms with Crippen LogP contribution in [0, 0.1) is 0 Å². The molecule has 0 aliphatic rings. The maximum absolute atomic E-state index is 12.6. The van der Waals surface area contributed by atoms with Crippen molar-refractivity contribution in [1.29, 1.82) is 0 Å². The van der Waals surface area contributed by atoms with Gasteiger partial charge in [-0.2, -0.15) is 0 Å². The van der Waals surface area contributed by atoms with Gasteiger partial charge in [0.1, 0.15) is 18.0 Å². The number of nitrogens with two attached hydrogens (primary N) is 1. The molecular formula is C11H19F2N5O. The molecule has 8 heteroatoms. The van der Waals surface area contributed by atoms with Gasteiger partial charge in [0.2, 0.25) is 0 Å². The van der Waals surface area contributed by atoms with Crippen molar-refractivity contribution >= 4 is 11.6 Å². The second-order valence-electron chi connectivity index (χ2n) is 3.98. The first-order valence-corrected chi connectivity index (χ1v) is 6.08. The van der Waals surface area contributed by atoms with Crippen LogP contribution in [0.1, 0.15) is 18.9 Å². The molecule has 6 nitrogen and oxygen atoms in total. The summed E-state index contributed by atoms with van der Waals surface area (Å²) in [4.78, 5) is 9.37. The van der Waals surface area contributed by atoms with Crippen LogP contribution in [-0.4, -0.2) is 41.2 Å². The molecule has 19 heavy (non-hydrogen) atoms. The van der Waals surface area contributed by atoms with Crippen LogP contribution in [0.25, 0.3) is 0 Å². The number of hydrogen-bond donors (Lipinski definition) is 3. The first-order valence-electron chi connectivity index (χ1n) is 6.08. The smallest absolute Gasteiger partial charge is 0.255 e. The molecule has 0 unspecified atom stereocenters. The first-order chi connectivity index (χ1) is 9.13. The van der Waals surface area contributed by atoms with Gasteiger partial charge in [-0.15, -0.1) is 0 Å². The van der Waals surface area contributed by atoms with Crippen LogP contribution < -0.4 is 16.2 Å². The minimum Gasteiger partial charge on any atom is -0.395 e. The van der Waals surface area contributed by atoms with Gasteiger partial charge in [0.25, 0.3) is 6.43 Å². The zero-order chi connectivity index (χ0) is 14.3. The standard InChI is InChI=1S/C11H19F2N5O/c1-2-3-8-10(17-14)15-7-16-11(8)18(4-5-19)6-9(12)13/h7,9,19H,2-6,14H2,1H3,(H,15,16,17). The van der Waals surface area contributed by atoms with Crippen molar-refractivity contribution in [3.05, 3.63) is 11.9 Å². The Morgan fingerprint density at radius 2 is 2.21 bits per heavy atom.